The number of carbonyl (C=O) groups is 2. The largest absolute Gasteiger partial charge is 0.354 e. The third kappa shape index (κ3) is 4.81. The zero-order valence-corrected chi connectivity index (χ0v) is 9.42. The van der Waals surface area contributed by atoms with Crippen LogP contribution in [0.15, 0.2) is 0 Å². The molecule has 0 spiro atoms. The van der Waals surface area contributed by atoms with Crippen LogP contribution in [0.1, 0.15) is 39.0 Å². The molecule has 0 bridgehead atoms. The Kier molecular flexibility index (Phi) is 5.15. The van der Waals surface area contributed by atoms with Gasteiger partial charge in [-0.1, -0.05) is 12.8 Å². The number of rotatable bonds is 0. The van der Waals surface area contributed by atoms with E-state index in [1.165, 1.54) is 0 Å². The highest BCUT2D eigenvalue weighted by molar-refractivity contribution is 5.76. The topological polar surface area (TPSA) is 49.4 Å². The molecule has 1 heterocycles. The molecule has 1 rings (SSSR count). The quantitative estimate of drug-likeness (QED) is 0.649. The van der Waals surface area contributed by atoms with Gasteiger partial charge in [-0.05, 0) is 12.8 Å². The summed E-state index contributed by atoms with van der Waals surface area (Å²) in [4.78, 5) is 24.3. The Labute approximate surface area is 91.0 Å². The smallest absolute Gasteiger partial charge is 0.220 e. The number of nitrogens with zero attached hydrogens (tertiary/aromatic N) is 1. The third-order valence-corrected chi connectivity index (χ3v) is 2.73. The predicted molar refractivity (Wildman–Crippen MR) is 58.3 cm³/mol. The van der Waals surface area contributed by atoms with Crippen LogP contribution in [-0.2, 0) is 9.59 Å². The van der Waals surface area contributed by atoms with Crippen LogP contribution in [0.2, 0.25) is 0 Å². The van der Waals surface area contributed by atoms with Gasteiger partial charge in [0.15, 0.2) is 0 Å². The first-order chi connectivity index (χ1) is 7.20. The van der Waals surface area contributed by atoms with Gasteiger partial charge in [0.1, 0.15) is 0 Å². The van der Waals surface area contributed by atoms with Crippen molar-refractivity contribution in [3.63, 3.8) is 0 Å². The van der Waals surface area contributed by atoms with E-state index in [1.54, 1.807) is 6.92 Å². The molecule has 1 fully saturated rings. The van der Waals surface area contributed by atoms with E-state index in [0.29, 0.717) is 19.5 Å². The summed E-state index contributed by atoms with van der Waals surface area (Å²) in [5, 5.41) is 2.83. The lowest BCUT2D eigenvalue weighted by Crippen LogP contribution is -2.37. The molecule has 0 saturated carbocycles. The van der Waals surface area contributed by atoms with Crippen LogP contribution in [-0.4, -0.2) is 36.3 Å². The van der Waals surface area contributed by atoms with Gasteiger partial charge < -0.3 is 10.2 Å². The maximum atomic E-state index is 11.3. The summed E-state index contributed by atoms with van der Waals surface area (Å²) in [7, 11) is 0. The predicted octanol–water partition coefficient (Wildman–Crippen LogP) is 0.915. The Morgan fingerprint density at radius 3 is 2.67 bits per heavy atom. The standard InChI is InChI=1S/C11H20N2O2/c1-10(14)13-8-5-3-2-4-6-11(15)12-7-9-13/h2-9H2,1H3,(H,12,15). The molecule has 0 aromatic carbocycles. The molecule has 1 saturated heterocycles. The first-order valence-electron chi connectivity index (χ1n) is 5.72. The fourth-order valence-electron chi connectivity index (χ4n) is 1.79. The molecule has 1 N–H and O–H groups in total. The Hall–Kier alpha value is -1.06. The fraction of sp³-hybridized carbons (Fsp3) is 0.818. The Bertz CT molecular complexity index is 229. The van der Waals surface area contributed by atoms with E-state index in [4.69, 9.17) is 0 Å². The minimum atomic E-state index is 0.100. The molecule has 4 heteroatoms. The van der Waals surface area contributed by atoms with Gasteiger partial charge in [0.05, 0.1) is 0 Å². The highest BCUT2D eigenvalue weighted by Gasteiger charge is 2.10. The van der Waals surface area contributed by atoms with Crippen LogP contribution in [0.4, 0.5) is 0 Å². The van der Waals surface area contributed by atoms with Crippen LogP contribution in [0, 0.1) is 0 Å². The molecule has 1 aliphatic rings. The maximum Gasteiger partial charge on any atom is 0.220 e. The number of amides is 2. The highest BCUT2D eigenvalue weighted by atomic mass is 16.2. The summed E-state index contributed by atoms with van der Waals surface area (Å²) >= 11 is 0. The first kappa shape index (κ1) is 12.0. The van der Waals surface area contributed by atoms with Crippen molar-refractivity contribution < 1.29 is 9.59 Å². The molecule has 0 aromatic heterocycles. The summed E-state index contributed by atoms with van der Waals surface area (Å²) in [6, 6.07) is 0. The van der Waals surface area contributed by atoms with E-state index in [9.17, 15) is 9.59 Å². The average Bonchev–Trinajstić information content (AvgIpc) is 2.23. The summed E-state index contributed by atoms with van der Waals surface area (Å²) in [5.74, 6) is 0.212. The second kappa shape index (κ2) is 6.43. The van der Waals surface area contributed by atoms with Crippen LogP contribution >= 0.6 is 0 Å². The number of hydrogen-bond acceptors (Lipinski definition) is 2. The molecule has 0 aromatic rings. The lowest BCUT2D eigenvalue weighted by molar-refractivity contribution is -0.129. The second-order valence-electron chi connectivity index (χ2n) is 4.02. The molecule has 0 aliphatic carbocycles. The Morgan fingerprint density at radius 1 is 1.20 bits per heavy atom. The van der Waals surface area contributed by atoms with Gasteiger partial charge in [-0.15, -0.1) is 0 Å². The SMILES string of the molecule is CC(=O)N1CCCCCCC(=O)NCC1. The van der Waals surface area contributed by atoms with Crippen molar-refractivity contribution in [2.24, 2.45) is 0 Å². The van der Waals surface area contributed by atoms with Gasteiger partial charge in [-0.25, -0.2) is 0 Å². The van der Waals surface area contributed by atoms with Crippen LogP contribution in [0.5, 0.6) is 0 Å². The normalized spacial score (nSPS) is 20.3. The van der Waals surface area contributed by atoms with E-state index in [-0.39, 0.29) is 11.8 Å². The fourth-order valence-corrected chi connectivity index (χ4v) is 1.79. The first-order valence-corrected chi connectivity index (χ1v) is 5.72. The molecular formula is C11H20N2O2. The second-order valence-corrected chi connectivity index (χ2v) is 4.02. The minimum Gasteiger partial charge on any atom is -0.354 e. The Morgan fingerprint density at radius 2 is 1.93 bits per heavy atom. The molecule has 86 valence electrons. The Balaban J connectivity index is 2.42. The summed E-state index contributed by atoms with van der Waals surface area (Å²) in [5.41, 5.74) is 0. The zero-order chi connectivity index (χ0) is 11.1. The summed E-state index contributed by atoms with van der Waals surface area (Å²) in [6.07, 6.45) is 4.83. The van der Waals surface area contributed by atoms with Crippen LogP contribution in [0.3, 0.4) is 0 Å². The lowest BCUT2D eigenvalue weighted by Gasteiger charge is -2.20. The van der Waals surface area contributed by atoms with Gasteiger partial charge in [-0.3, -0.25) is 9.59 Å². The van der Waals surface area contributed by atoms with Gasteiger partial charge in [0.2, 0.25) is 11.8 Å². The van der Waals surface area contributed by atoms with Gasteiger partial charge in [0.25, 0.3) is 0 Å². The average molecular weight is 212 g/mol. The number of hydrogen-bond donors (Lipinski definition) is 1. The van der Waals surface area contributed by atoms with Crippen molar-refractivity contribution in [3.8, 4) is 0 Å². The maximum absolute atomic E-state index is 11.3. The van der Waals surface area contributed by atoms with E-state index < -0.39 is 0 Å². The van der Waals surface area contributed by atoms with E-state index in [1.807, 2.05) is 4.90 Å². The van der Waals surface area contributed by atoms with Crippen LogP contribution in [0.25, 0.3) is 0 Å². The van der Waals surface area contributed by atoms with Crippen molar-refractivity contribution in [2.45, 2.75) is 39.0 Å². The van der Waals surface area contributed by atoms with E-state index in [0.717, 1.165) is 32.2 Å². The molecular weight excluding hydrogens is 192 g/mol. The molecule has 0 atom stereocenters. The minimum absolute atomic E-state index is 0.100. The van der Waals surface area contributed by atoms with Crippen molar-refractivity contribution >= 4 is 11.8 Å². The summed E-state index contributed by atoms with van der Waals surface area (Å²) < 4.78 is 0. The van der Waals surface area contributed by atoms with Gasteiger partial charge >= 0.3 is 0 Å². The molecule has 1 aliphatic heterocycles. The zero-order valence-electron chi connectivity index (χ0n) is 9.42. The number of nitrogens with one attached hydrogen (secondary N) is 1. The summed E-state index contributed by atoms with van der Waals surface area (Å²) in [6.45, 7) is 3.63. The van der Waals surface area contributed by atoms with Crippen molar-refractivity contribution in [2.75, 3.05) is 19.6 Å². The van der Waals surface area contributed by atoms with Gasteiger partial charge in [-0.2, -0.15) is 0 Å². The molecule has 0 radical (unpaired) electrons. The van der Waals surface area contributed by atoms with Crippen LogP contribution < -0.4 is 5.32 Å². The highest BCUT2D eigenvalue weighted by Crippen LogP contribution is 2.05. The molecule has 0 unspecified atom stereocenters. The van der Waals surface area contributed by atoms with E-state index >= 15 is 0 Å². The van der Waals surface area contributed by atoms with Crippen molar-refractivity contribution in [1.82, 2.24) is 10.2 Å². The van der Waals surface area contributed by atoms with Crippen molar-refractivity contribution in [1.29, 1.82) is 0 Å². The third-order valence-electron chi connectivity index (χ3n) is 2.73. The molecule has 2 amide bonds. The lowest BCUT2D eigenvalue weighted by atomic mass is 10.1. The van der Waals surface area contributed by atoms with E-state index in [2.05, 4.69) is 5.32 Å². The van der Waals surface area contributed by atoms with Gasteiger partial charge in [0, 0.05) is 33.0 Å². The monoisotopic (exact) mass is 212 g/mol. The van der Waals surface area contributed by atoms with Crippen molar-refractivity contribution in [3.05, 3.63) is 0 Å². The number of carbonyl (C=O) groups excluding carboxylic acids is 2. The molecule has 4 nitrogen and oxygen atoms in total. The molecule has 15 heavy (non-hydrogen) atoms.